The number of piperidine rings is 1. The van der Waals surface area contributed by atoms with Crippen LogP contribution in [0.15, 0.2) is 12.2 Å². The summed E-state index contributed by atoms with van der Waals surface area (Å²) in [6, 6.07) is 0.496. The predicted molar refractivity (Wildman–Crippen MR) is 121 cm³/mol. The van der Waals surface area contributed by atoms with Gasteiger partial charge in [0.1, 0.15) is 0 Å². The maximum atomic E-state index is 11.4. The van der Waals surface area contributed by atoms with Crippen LogP contribution in [0.25, 0.3) is 0 Å². The topological polar surface area (TPSA) is 63.9 Å². The lowest BCUT2D eigenvalue weighted by Crippen LogP contribution is -2.60. The first kappa shape index (κ1) is 21.1. The third kappa shape index (κ3) is 3.00. The molecular formula is C27H43NO3. The second-order valence-corrected chi connectivity index (χ2v) is 12.9. The summed E-state index contributed by atoms with van der Waals surface area (Å²) in [4.78, 5) is 2.73. The van der Waals surface area contributed by atoms with Crippen molar-refractivity contribution in [2.45, 2.75) is 83.6 Å². The van der Waals surface area contributed by atoms with Gasteiger partial charge in [-0.3, -0.25) is 4.90 Å². The van der Waals surface area contributed by atoms with Crippen LogP contribution in [0.1, 0.15) is 59.3 Å². The molecule has 0 bridgehead atoms. The van der Waals surface area contributed by atoms with Crippen LogP contribution in [-0.2, 0) is 0 Å². The van der Waals surface area contributed by atoms with E-state index in [4.69, 9.17) is 0 Å². The van der Waals surface area contributed by atoms with Gasteiger partial charge in [-0.15, -0.1) is 0 Å². The number of fused-ring (bicyclic) bond motifs is 8. The van der Waals surface area contributed by atoms with E-state index in [0.29, 0.717) is 53.4 Å². The Labute approximate surface area is 188 Å². The van der Waals surface area contributed by atoms with Crippen molar-refractivity contribution in [3.63, 3.8) is 0 Å². The molecule has 5 fully saturated rings. The van der Waals surface area contributed by atoms with Crippen LogP contribution in [0.5, 0.6) is 0 Å². The first-order valence-electron chi connectivity index (χ1n) is 13.2. The molecule has 31 heavy (non-hydrogen) atoms. The Hall–Kier alpha value is -0.420. The molecule has 0 aromatic carbocycles. The highest BCUT2D eigenvalue weighted by Gasteiger charge is 2.63. The highest BCUT2D eigenvalue weighted by atomic mass is 16.3. The lowest BCUT2D eigenvalue weighted by Gasteiger charge is -2.57. The van der Waals surface area contributed by atoms with E-state index < -0.39 is 0 Å². The molecule has 3 N–H and O–H groups in total. The van der Waals surface area contributed by atoms with Gasteiger partial charge in [-0.05, 0) is 97.2 Å². The van der Waals surface area contributed by atoms with Crippen LogP contribution in [0.3, 0.4) is 0 Å². The molecule has 0 amide bonds. The van der Waals surface area contributed by atoms with Gasteiger partial charge in [-0.2, -0.15) is 0 Å². The fourth-order valence-electron chi connectivity index (χ4n) is 10.2. The van der Waals surface area contributed by atoms with Crippen molar-refractivity contribution in [3.05, 3.63) is 12.2 Å². The Morgan fingerprint density at radius 2 is 1.55 bits per heavy atom. The zero-order valence-electron chi connectivity index (χ0n) is 19.6. The van der Waals surface area contributed by atoms with E-state index in [2.05, 4.69) is 37.8 Å². The number of hydrogen-bond acceptors (Lipinski definition) is 4. The van der Waals surface area contributed by atoms with Gasteiger partial charge < -0.3 is 15.3 Å². The first-order valence-corrected chi connectivity index (χ1v) is 13.2. The van der Waals surface area contributed by atoms with E-state index in [1.807, 2.05) is 0 Å². The fourth-order valence-corrected chi connectivity index (χ4v) is 10.2. The summed E-state index contributed by atoms with van der Waals surface area (Å²) in [6.45, 7) is 9.46. The van der Waals surface area contributed by atoms with Crippen LogP contribution in [0, 0.1) is 58.7 Å². The van der Waals surface area contributed by atoms with E-state index >= 15 is 0 Å². The van der Waals surface area contributed by atoms with Crippen LogP contribution in [0.2, 0.25) is 0 Å². The predicted octanol–water partition coefficient (Wildman–Crippen LogP) is 3.31. The Kier molecular flexibility index (Phi) is 4.97. The van der Waals surface area contributed by atoms with Gasteiger partial charge in [0.05, 0.1) is 18.3 Å². The minimum atomic E-state index is -0.280. The molecular weight excluding hydrogens is 386 g/mol. The van der Waals surface area contributed by atoms with Gasteiger partial charge in [0.25, 0.3) is 0 Å². The molecule has 4 saturated carbocycles. The van der Waals surface area contributed by atoms with Crippen molar-refractivity contribution in [1.82, 2.24) is 4.90 Å². The molecule has 0 unspecified atom stereocenters. The van der Waals surface area contributed by atoms with Crippen molar-refractivity contribution in [2.24, 2.45) is 58.7 Å². The van der Waals surface area contributed by atoms with Gasteiger partial charge in [-0.25, -0.2) is 0 Å². The molecule has 4 nitrogen and oxygen atoms in total. The van der Waals surface area contributed by atoms with E-state index in [1.54, 1.807) is 0 Å². The fraction of sp³-hybridized carbons (Fsp3) is 0.926. The molecule has 4 aliphatic carbocycles. The summed E-state index contributed by atoms with van der Waals surface area (Å²) in [5.41, 5.74) is 0.157. The average Bonchev–Trinajstić information content (AvgIpc) is 3.08. The Bertz CT molecular complexity index is 740. The van der Waals surface area contributed by atoms with Crippen LogP contribution in [0.4, 0.5) is 0 Å². The van der Waals surface area contributed by atoms with Gasteiger partial charge in [0.15, 0.2) is 0 Å². The quantitative estimate of drug-likeness (QED) is 0.517. The van der Waals surface area contributed by atoms with Gasteiger partial charge in [0.2, 0.25) is 0 Å². The summed E-state index contributed by atoms with van der Waals surface area (Å²) in [5.74, 6) is 4.88. The number of aliphatic hydroxyl groups excluding tert-OH is 3. The van der Waals surface area contributed by atoms with Crippen LogP contribution < -0.4 is 0 Å². The van der Waals surface area contributed by atoms with Crippen molar-refractivity contribution in [1.29, 1.82) is 0 Å². The smallest absolute Gasteiger partial charge is 0.0577 e. The molecule has 6 rings (SSSR count). The van der Waals surface area contributed by atoms with E-state index in [9.17, 15) is 15.3 Å². The summed E-state index contributed by atoms with van der Waals surface area (Å²) in [5, 5.41) is 32.9. The number of aliphatic hydroxyl groups is 3. The minimum Gasteiger partial charge on any atom is -0.393 e. The Morgan fingerprint density at radius 1 is 0.806 bits per heavy atom. The monoisotopic (exact) mass is 429 g/mol. The molecule has 1 saturated heterocycles. The van der Waals surface area contributed by atoms with Crippen molar-refractivity contribution < 1.29 is 15.3 Å². The largest absolute Gasteiger partial charge is 0.393 e. The van der Waals surface area contributed by atoms with Gasteiger partial charge in [-0.1, -0.05) is 32.9 Å². The molecule has 4 heteroatoms. The first-order chi connectivity index (χ1) is 14.8. The molecule has 0 aromatic heterocycles. The summed E-state index contributed by atoms with van der Waals surface area (Å²) in [7, 11) is 0. The van der Waals surface area contributed by atoms with E-state index in [0.717, 1.165) is 45.2 Å². The maximum Gasteiger partial charge on any atom is 0.0577 e. The second kappa shape index (κ2) is 7.29. The highest BCUT2D eigenvalue weighted by molar-refractivity contribution is 5.15. The zero-order valence-corrected chi connectivity index (χ0v) is 19.6. The molecule has 2 aliphatic heterocycles. The molecule has 2 heterocycles. The molecule has 0 aromatic rings. The SMILES string of the molecule is C[C@H]1[C@@H]2[C@@H](CN3C[C@@H](C)C=C[C@@H]13)[C@@H]1C[C@H]3[C@@H](C[C@@H](O)[C@H]4C[C@@H](O)CC[C@@]43C)[C@@H]1C[C@@H]2O. The summed E-state index contributed by atoms with van der Waals surface area (Å²) in [6.07, 6.45) is 9.97. The maximum absolute atomic E-state index is 11.4. The number of rotatable bonds is 0. The van der Waals surface area contributed by atoms with Crippen molar-refractivity contribution in [3.8, 4) is 0 Å². The summed E-state index contributed by atoms with van der Waals surface area (Å²) < 4.78 is 0. The molecule has 6 aliphatic rings. The zero-order chi connectivity index (χ0) is 21.7. The van der Waals surface area contributed by atoms with Crippen LogP contribution in [-0.4, -0.2) is 57.7 Å². The highest BCUT2D eigenvalue weighted by Crippen LogP contribution is 2.66. The van der Waals surface area contributed by atoms with Crippen LogP contribution >= 0.6 is 0 Å². The van der Waals surface area contributed by atoms with E-state index in [-0.39, 0.29) is 29.6 Å². The van der Waals surface area contributed by atoms with Crippen molar-refractivity contribution in [2.75, 3.05) is 13.1 Å². The molecule has 0 radical (unpaired) electrons. The van der Waals surface area contributed by atoms with E-state index in [1.165, 1.54) is 6.42 Å². The lowest BCUT2D eigenvalue weighted by molar-refractivity contribution is -0.136. The standard InChI is InChI=1S/C27H43NO3/c1-14-4-5-23-15(2)26-20(13-28(23)12-14)17-9-21-19(18(17)10-25(26)31)11-24(30)22-8-16(29)6-7-27(21,22)3/h4-5,14-26,29-31H,6-13H2,1-3H3/t14-,15+,16-,17+,18+,19-,20-,21-,22+,23-,24+,25-,26+,27+/m0/s1. The van der Waals surface area contributed by atoms with Gasteiger partial charge >= 0.3 is 0 Å². The molecule has 174 valence electrons. The normalized spacial score (nSPS) is 61.0. The number of hydrogen-bond donors (Lipinski definition) is 3. The second-order valence-electron chi connectivity index (χ2n) is 12.9. The lowest BCUT2D eigenvalue weighted by atomic mass is 9.51. The third-order valence-electron chi connectivity index (χ3n) is 11.5. The third-order valence-corrected chi connectivity index (χ3v) is 11.5. The Balaban J connectivity index is 1.32. The Morgan fingerprint density at radius 3 is 2.35 bits per heavy atom. The van der Waals surface area contributed by atoms with Gasteiger partial charge in [0, 0.05) is 19.1 Å². The minimum absolute atomic E-state index is 0.157. The van der Waals surface area contributed by atoms with Crippen molar-refractivity contribution >= 4 is 0 Å². The molecule has 14 atom stereocenters. The average molecular weight is 430 g/mol. The molecule has 0 spiro atoms. The summed E-state index contributed by atoms with van der Waals surface area (Å²) >= 11 is 0. The number of nitrogens with zero attached hydrogens (tertiary/aromatic N) is 1.